The molecule has 2 heterocycles. The maximum Gasteiger partial charge on any atom is 0.0786 e. The van der Waals surface area contributed by atoms with Crippen molar-refractivity contribution >= 4 is 12.4 Å². The minimum atomic E-state index is 0.878. The van der Waals surface area contributed by atoms with E-state index in [1.165, 1.54) is 0 Å². The van der Waals surface area contributed by atoms with E-state index in [2.05, 4.69) is 33.8 Å². The number of rotatable bonds is 3. The van der Waals surface area contributed by atoms with E-state index >= 15 is 0 Å². The molecule has 0 aromatic carbocycles. The highest BCUT2D eigenvalue weighted by atomic mass is 15.1. The van der Waals surface area contributed by atoms with Crippen LogP contribution in [-0.4, -0.2) is 21.9 Å². The Morgan fingerprint density at radius 3 is 3.00 bits per heavy atom. The topological polar surface area (TPSA) is 53.9 Å². The molecule has 0 atom stereocenters. The molecule has 4 nitrogen and oxygen atoms in total. The quantitative estimate of drug-likeness (QED) is 0.773. The summed E-state index contributed by atoms with van der Waals surface area (Å²) >= 11 is 0. The van der Waals surface area contributed by atoms with Crippen molar-refractivity contribution in [2.24, 2.45) is 4.99 Å². The molecule has 1 N–H and O–H groups in total. The Morgan fingerprint density at radius 2 is 2.40 bits per heavy atom. The molecule has 0 aliphatic heterocycles. The van der Waals surface area contributed by atoms with Crippen molar-refractivity contribution in [1.29, 1.82) is 0 Å². The fourth-order valence-electron chi connectivity index (χ4n) is 1.61. The third-order valence-corrected chi connectivity index (χ3v) is 2.33. The minimum Gasteiger partial charge on any atom is -0.285 e. The van der Waals surface area contributed by atoms with Crippen LogP contribution in [0, 0.1) is 0 Å². The van der Waals surface area contributed by atoms with Crippen molar-refractivity contribution in [3.8, 4) is 11.3 Å². The Bertz CT molecular complexity index is 459. The first-order chi connectivity index (χ1) is 7.36. The van der Waals surface area contributed by atoms with Crippen LogP contribution >= 0.6 is 0 Å². The number of pyridine rings is 1. The third-order valence-electron chi connectivity index (χ3n) is 2.33. The predicted octanol–water partition coefficient (Wildman–Crippen LogP) is 2.37. The van der Waals surface area contributed by atoms with Crippen LogP contribution in [0.2, 0.25) is 0 Å². The summed E-state index contributed by atoms with van der Waals surface area (Å²) in [4.78, 5) is 8.34. The van der Waals surface area contributed by atoms with Crippen molar-refractivity contribution in [2.45, 2.75) is 13.3 Å². The zero-order valence-electron chi connectivity index (χ0n) is 8.57. The molecule has 0 spiro atoms. The van der Waals surface area contributed by atoms with Crippen LogP contribution < -0.4 is 0 Å². The average Bonchev–Trinajstić information content (AvgIpc) is 2.81. The lowest BCUT2D eigenvalue weighted by molar-refractivity contribution is 1.09. The van der Waals surface area contributed by atoms with Gasteiger partial charge in [0.1, 0.15) is 0 Å². The van der Waals surface area contributed by atoms with Gasteiger partial charge in [-0.05, 0) is 19.2 Å². The lowest BCUT2D eigenvalue weighted by atomic mass is 10.1. The summed E-state index contributed by atoms with van der Waals surface area (Å²) in [6.07, 6.45) is 6.21. The first kappa shape index (κ1) is 9.58. The molecular formula is C11H12N4. The van der Waals surface area contributed by atoms with E-state index in [-0.39, 0.29) is 0 Å². The number of nitrogens with one attached hydrogen (secondary N) is 1. The minimum absolute atomic E-state index is 0.878. The second-order valence-corrected chi connectivity index (χ2v) is 3.16. The molecule has 0 saturated heterocycles. The van der Waals surface area contributed by atoms with Crippen LogP contribution in [0.4, 0.5) is 5.69 Å². The van der Waals surface area contributed by atoms with Gasteiger partial charge in [0.05, 0.1) is 17.6 Å². The van der Waals surface area contributed by atoms with Crippen LogP contribution in [0.1, 0.15) is 12.5 Å². The van der Waals surface area contributed by atoms with Gasteiger partial charge < -0.3 is 0 Å². The number of hydrogen-bond donors (Lipinski definition) is 1. The van der Waals surface area contributed by atoms with Crippen LogP contribution in [0.3, 0.4) is 0 Å². The zero-order chi connectivity index (χ0) is 10.7. The summed E-state index contributed by atoms with van der Waals surface area (Å²) in [6, 6.07) is 1.87. The Labute approximate surface area is 88.1 Å². The Morgan fingerprint density at radius 1 is 1.53 bits per heavy atom. The fraction of sp³-hybridized carbons (Fsp3) is 0.182. The van der Waals surface area contributed by atoms with Gasteiger partial charge in [0.15, 0.2) is 0 Å². The van der Waals surface area contributed by atoms with Crippen molar-refractivity contribution in [1.82, 2.24) is 15.2 Å². The van der Waals surface area contributed by atoms with E-state index in [0.717, 1.165) is 28.9 Å². The predicted molar refractivity (Wildman–Crippen MR) is 60.4 cm³/mol. The summed E-state index contributed by atoms with van der Waals surface area (Å²) < 4.78 is 0. The summed E-state index contributed by atoms with van der Waals surface area (Å²) in [5.41, 5.74) is 3.91. The number of aromatic nitrogens is 3. The number of nitrogens with zero attached hydrogens (tertiary/aromatic N) is 3. The van der Waals surface area contributed by atoms with Crippen molar-refractivity contribution < 1.29 is 0 Å². The van der Waals surface area contributed by atoms with E-state index in [9.17, 15) is 0 Å². The fourth-order valence-corrected chi connectivity index (χ4v) is 1.61. The highest BCUT2D eigenvalue weighted by Gasteiger charge is 2.09. The molecule has 0 radical (unpaired) electrons. The van der Waals surface area contributed by atoms with E-state index in [1.807, 2.05) is 12.3 Å². The first-order valence-electron chi connectivity index (χ1n) is 4.80. The summed E-state index contributed by atoms with van der Waals surface area (Å²) in [5, 5.41) is 6.70. The first-order valence-corrected chi connectivity index (χ1v) is 4.80. The van der Waals surface area contributed by atoms with Gasteiger partial charge in [-0.25, -0.2) is 0 Å². The third kappa shape index (κ3) is 1.66. The number of aliphatic imine (C=N–C) groups is 1. The molecule has 0 bridgehead atoms. The second kappa shape index (κ2) is 4.04. The van der Waals surface area contributed by atoms with Gasteiger partial charge in [0, 0.05) is 23.5 Å². The molecule has 15 heavy (non-hydrogen) atoms. The van der Waals surface area contributed by atoms with Gasteiger partial charge in [-0.15, -0.1) is 0 Å². The lowest BCUT2D eigenvalue weighted by Crippen LogP contribution is -1.91. The Balaban J connectivity index is 2.61. The molecule has 0 amide bonds. The maximum atomic E-state index is 4.35. The second-order valence-electron chi connectivity index (χ2n) is 3.16. The van der Waals surface area contributed by atoms with E-state index in [0.29, 0.717) is 0 Å². The highest BCUT2D eigenvalue weighted by Crippen LogP contribution is 2.28. The molecule has 2 rings (SSSR count). The van der Waals surface area contributed by atoms with Crippen molar-refractivity contribution in [3.05, 3.63) is 30.2 Å². The van der Waals surface area contributed by atoms with Gasteiger partial charge >= 0.3 is 0 Å². The summed E-state index contributed by atoms with van der Waals surface area (Å²) in [5.74, 6) is 0. The van der Waals surface area contributed by atoms with Gasteiger partial charge in [0.25, 0.3) is 0 Å². The zero-order valence-corrected chi connectivity index (χ0v) is 8.57. The van der Waals surface area contributed by atoms with Gasteiger partial charge in [-0.3, -0.25) is 15.1 Å². The molecular weight excluding hydrogens is 188 g/mol. The van der Waals surface area contributed by atoms with Gasteiger partial charge in [-0.1, -0.05) is 6.92 Å². The molecule has 0 fully saturated rings. The normalized spacial score (nSPS) is 10.2. The van der Waals surface area contributed by atoms with E-state index < -0.39 is 0 Å². The SMILES string of the molecule is C=Nc1ccnc(-c2cn[nH]c2)c1CC. The number of aromatic amines is 1. The molecule has 76 valence electrons. The Kier molecular flexibility index (Phi) is 2.58. The van der Waals surface area contributed by atoms with Crippen LogP contribution in [0.15, 0.2) is 29.6 Å². The van der Waals surface area contributed by atoms with E-state index in [1.54, 1.807) is 12.4 Å². The lowest BCUT2D eigenvalue weighted by Gasteiger charge is -2.07. The molecule has 0 unspecified atom stereocenters. The molecule has 2 aromatic heterocycles. The number of H-pyrrole nitrogens is 1. The van der Waals surface area contributed by atoms with E-state index in [4.69, 9.17) is 0 Å². The van der Waals surface area contributed by atoms with Gasteiger partial charge in [-0.2, -0.15) is 5.10 Å². The monoisotopic (exact) mass is 200 g/mol. The van der Waals surface area contributed by atoms with Crippen LogP contribution in [0.25, 0.3) is 11.3 Å². The molecule has 2 aromatic rings. The molecule has 0 saturated carbocycles. The van der Waals surface area contributed by atoms with Crippen LogP contribution in [0.5, 0.6) is 0 Å². The smallest absolute Gasteiger partial charge is 0.0786 e. The summed E-state index contributed by atoms with van der Waals surface area (Å²) in [6.45, 7) is 5.64. The average molecular weight is 200 g/mol. The number of hydrogen-bond acceptors (Lipinski definition) is 3. The van der Waals surface area contributed by atoms with Crippen LogP contribution in [-0.2, 0) is 6.42 Å². The molecule has 0 aliphatic rings. The maximum absolute atomic E-state index is 4.35. The standard InChI is InChI=1S/C11H12N4/c1-3-9-10(12-2)4-5-13-11(9)8-6-14-15-7-8/h4-7H,2-3H2,1H3,(H,14,15). The highest BCUT2D eigenvalue weighted by molar-refractivity contribution is 5.68. The Hall–Kier alpha value is -1.97. The largest absolute Gasteiger partial charge is 0.285 e. The van der Waals surface area contributed by atoms with Gasteiger partial charge in [0.2, 0.25) is 0 Å². The summed E-state index contributed by atoms with van der Waals surface area (Å²) in [7, 11) is 0. The molecule has 4 heteroatoms. The molecule has 0 aliphatic carbocycles. The van der Waals surface area contributed by atoms with Crippen molar-refractivity contribution in [2.75, 3.05) is 0 Å². The van der Waals surface area contributed by atoms with Crippen molar-refractivity contribution in [3.63, 3.8) is 0 Å².